The summed E-state index contributed by atoms with van der Waals surface area (Å²) in [6, 6.07) is -0.824. The number of carboxylic acids is 1. The molecule has 0 saturated carbocycles. The molecule has 1 fully saturated rings. The Morgan fingerprint density at radius 1 is 1.44 bits per heavy atom. The van der Waals surface area contributed by atoms with Gasteiger partial charge in [0.2, 0.25) is 5.91 Å². The van der Waals surface area contributed by atoms with Gasteiger partial charge in [0, 0.05) is 13.0 Å². The van der Waals surface area contributed by atoms with Gasteiger partial charge < -0.3 is 14.7 Å². The molecule has 5 heteroatoms. The maximum Gasteiger partial charge on any atom is 0.328 e. The minimum absolute atomic E-state index is 0.0844. The minimum Gasteiger partial charge on any atom is -0.480 e. The Balaban J connectivity index is 1.97. The molecule has 1 unspecified atom stereocenters. The first-order valence-electron chi connectivity index (χ1n) is 6.46. The number of carbonyl (C=O) groups excluding carboxylic acids is 1. The molecule has 1 amide bonds. The zero-order chi connectivity index (χ0) is 13.0. The Kier molecular flexibility index (Phi) is 4.36. The molecular weight excluding hydrogens is 234 g/mol. The van der Waals surface area contributed by atoms with Crippen LogP contribution in [-0.2, 0) is 14.3 Å². The number of ether oxygens (including phenoxy) is 1. The van der Waals surface area contributed by atoms with Crippen LogP contribution in [-0.4, -0.2) is 47.7 Å². The fourth-order valence-electron chi connectivity index (χ4n) is 2.47. The van der Waals surface area contributed by atoms with Crippen LogP contribution in [0.2, 0.25) is 0 Å². The van der Waals surface area contributed by atoms with Crippen LogP contribution in [0.3, 0.4) is 0 Å². The van der Waals surface area contributed by atoms with Gasteiger partial charge in [0.1, 0.15) is 0 Å². The van der Waals surface area contributed by atoms with Gasteiger partial charge in [-0.15, -0.1) is 0 Å². The van der Waals surface area contributed by atoms with Crippen molar-refractivity contribution in [3.63, 3.8) is 0 Å². The first-order chi connectivity index (χ1) is 8.68. The van der Waals surface area contributed by atoms with Crippen LogP contribution >= 0.6 is 0 Å². The molecule has 5 nitrogen and oxygen atoms in total. The lowest BCUT2D eigenvalue weighted by Gasteiger charge is -2.33. The summed E-state index contributed by atoms with van der Waals surface area (Å²) in [4.78, 5) is 24.7. The van der Waals surface area contributed by atoms with E-state index in [2.05, 4.69) is 6.08 Å². The maximum absolute atomic E-state index is 12.1. The molecule has 1 saturated heterocycles. The van der Waals surface area contributed by atoms with Gasteiger partial charge in [-0.1, -0.05) is 11.6 Å². The fraction of sp³-hybridized carbons (Fsp3) is 0.692. The summed E-state index contributed by atoms with van der Waals surface area (Å²) in [5.41, 5.74) is 1.15. The molecule has 0 bridgehead atoms. The summed E-state index contributed by atoms with van der Waals surface area (Å²) in [6.07, 6.45) is 6.81. The normalized spacial score (nSPS) is 24.6. The van der Waals surface area contributed by atoms with Crippen molar-refractivity contribution >= 4 is 11.9 Å². The Hall–Kier alpha value is -1.36. The monoisotopic (exact) mass is 253 g/mol. The number of morpholine rings is 1. The highest BCUT2D eigenvalue weighted by Gasteiger charge is 2.32. The molecule has 0 aromatic carbocycles. The number of carboxylic acid groups (broad SMARTS) is 1. The van der Waals surface area contributed by atoms with Crippen molar-refractivity contribution in [2.45, 2.75) is 38.1 Å². The van der Waals surface area contributed by atoms with Gasteiger partial charge in [0.25, 0.3) is 0 Å². The average molecular weight is 253 g/mol. The van der Waals surface area contributed by atoms with Crippen LogP contribution < -0.4 is 0 Å². The van der Waals surface area contributed by atoms with Crippen LogP contribution in [0.25, 0.3) is 0 Å². The van der Waals surface area contributed by atoms with E-state index in [1.165, 1.54) is 11.3 Å². The third-order valence-corrected chi connectivity index (χ3v) is 3.50. The van der Waals surface area contributed by atoms with E-state index in [1.807, 2.05) is 0 Å². The number of rotatable bonds is 3. The molecule has 2 aliphatic rings. The summed E-state index contributed by atoms with van der Waals surface area (Å²) in [7, 11) is 0. The quantitative estimate of drug-likeness (QED) is 0.767. The molecule has 1 atom stereocenters. The summed E-state index contributed by atoms with van der Waals surface area (Å²) in [5.74, 6) is -1.07. The van der Waals surface area contributed by atoms with E-state index < -0.39 is 12.0 Å². The summed E-state index contributed by atoms with van der Waals surface area (Å²) in [6.45, 7) is 0.901. The molecule has 0 aromatic rings. The summed E-state index contributed by atoms with van der Waals surface area (Å²) in [5, 5.41) is 9.07. The van der Waals surface area contributed by atoms with Gasteiger partial charge in [-0.2, -0.15) is 0 Å². The second-order valence-electron chi connectivity index (χ2n) is 4.80. The van der Waals surface area contributed by atoms with E-state index in [1.54, 1.807) is 0 Å². The Morgan fingerprint density at radius 2 is 2.28 bits per heavy atom. The molecule has 1 N–H and O–H groups in total. The SMILES string of the molecule is O=C(O)C1COCCN1C(=O)CC1=CCCCC1. The third-order valence-electron chi connectivity index (χ3n) is 3.50. The third kappa shape index (κ3) is 3.10. The zero-order valence-electron chi connectivity index (χ0n) is 10.4. The Labute approximate surface area is 106 Å². The Bertz CT molecular complexity index is 364. The number of nitrogens with zero attached hydrogens (tertiary/aromatic N) is 1. The number of hydrogen-bond donors (Lipinski definition) is 1. The van der Waals surface area contributed by atoms with Crippen LogP contribution in [0.5, 0.6) is 0 Å². The first-order valence-corrected chi connectivity index (χ1v) is 6.46. The highest BCUT2D eigenvalue weighted by atomic mass is 16.5. The lowest BCUT2D eigenvalue weighted by atomic mass is 9.96. The zero-order valence-corrected chi connectivity index (χ0v) is 10.4. The van der Waals surface area contributed by atoms with Crippen molar-refractivity contribution in [3.05, 3.63) is 11.6 Å². The second-order valence-corrected chi connectivity index (χ2v) is 4.80. The number of allylic oxidation sites excluding steroid dienone is 1. The molecule has 1 aliphatic heterocycles. The number of amides is 1. The smallest absolute Gasteiger partial charge is 0.328 e. The maximum atomic E-state index is 12.1. The van der Waals surface area contributed by atoms with Crippen molar-refractivity contribution < 1.29 is 19.4 Å². The van der Waals surface area contributed by atoms with Crippen LogP contribution in [0.4, 0.5) is 0 Å². The molecule has 2 rings (SSSR count). The van der Waals surface area contributed by atoms with E-state index in [4.69, 9.17) is 9.84 Å². The van der Waals surface area contributed by atoms with Crippen molar-refractivity contribution in [2.24, 2.45) is 0 Å². The highest BCUT2D eigenvalue weighted by Crippen LogP contribution is 2.21. The van der Waals surface area contributed by atoms with Crippen molar-refractivity contribution in [3.8, 4) is 0 Å². The lowest BCUT2D eigenvalue weighted by molar-refractivity contribution is -0.158. The molecule has 1 aliphatic carbocycles. The van der Waals surface area contributed by atoms with Crippen LogP contribution in [0.1, 0.15) is 32.1 Å². The summed E-state index contributed by atoms with van der Waals surface area (Å²) < 4.78 is 5.12. The van der Waals surface area contributed by atoms with Crippen LogP contribution in [0.15, 0.2) is 11.6 Å². The standard InChI is InChI=1S/C13H19NO4/c15-12(8-10-4-2-1-3-5-10)14-6-7-18-9-11(14)13(16)17/h4,11H,1-3,5-9H2,(H,16,17). The molecule has 1 heterocycles. The van der Waals surface area contributed by atoms with E-state index in [9.17, 15) is 9.59 Å². The molecule has 0 radical (unpaired) electrons. The predicted octanol–water partition coefficient (Wildman–Crippen LogP) is 1.19. The fourth-order valence-corrected chi connectivity index (χ4v) is 2.47. The summed E-state index contributed by atoms with van der Waals surface area (Å²) >= 11 is 0. The first kappa shape index (κ1) is 13.1. The van der Waals surface area contributed by atoms with E-state index >= 15 is 0 Å². The van der Waals surface area contributed by atoms with Crippen molar-refractivity contribution in [2.75, 3.05) is 19.8 Å². The minimum atomic E-state index is -0.985. The Morgan fingerprint density at radius 3 is 2.94 bits per heavy atom. The molecule has 18 heavy (non-hydrogen) atoms. The lowest BCUT2D eigenvalue weighted by Crippen LogP contribution is -2.52. The predicted molar refractivity (Wildman–Crippen MR) is 65.1 cm³/mol. The van der Waals surface area contributed by atoms with E-state index in [-0.39, 0.29) is 12.5 Å². The topological polar surface area (TPSA) is 66.8 Å². The number of hydrogen-bond acceptors (Lipinski definition) is 3. The largest absolute Gasteiger partial charge is 0.480 e. The second kappa shape index (κ2) is 6.00. The number of aliphatic carboxylic acids is 1. The molecule has 0 spiro atoms. The van der Waals surface area contributed by atoms with E-state index in [0.717, 1.165) is 24.8 Å². The van der Waals surface area contributed by atoms with E-state index in [0.29, 0.717) is 19.6 Å². The average Bonchev–Trinajstić information content (AvgIpc) is 2.40. The number of carbonyl (C=O) groups is 2. The van der Waals surface area contributed by atoms with Gasteiger partial charge in [0.15, 0.2) is 6.04 Å². The van der Waals surface area contributed by atoms with Crippen molar-refractivity contribution in [1.82, 2.24) is 4.90 Å². The van der Waals surface area contributed by atoms with Gasteiger partial charge in [-0.25, -0.2) is 4.79 Å². The molecule has 0 aromatic heterocycles. The highest BCUT2D eigenvalue weighted by molar-refractivity contribution is 5.85. The molecule has 100 valence electrons. The van der Waals surface area contributed by atoms with Gasteiger partial charge in [-0.3, -0.25) is 4.79 Å². The van der Waals surface area contributed by atoms with Crippen LogP contribution in [0, 0.1) is 0 Å². The molecular formula is C13H19NO4. The van der Waals surface area contributed by atoms with Gasteiger partial charge in [0.05, 0.1) is 13.2 Å². The van der Waals surface area contributed by atoms with Gasteiger partial charge in [-0.05, 0) is 25.7 Å². The van der Waals surface area contributed by atoms with Gasteiger partial charge >= 0.3 is 5.97 Å². The van der Waals surface area contributed by atoms with Crippen molar-refractivity contribution in [1.29, 1.82) is 0 Å².